The van der Waals surface area contributed by atoms with Gasteiger partial charge in [0.25, 0.3) is 0 Å². The van der Waals surface area contributed by atoms with E-state index in [-0.39, 0.29) is 0 Å². The minimum Gasteiger partial charge on any atom is -0.497 e. The fourth-order valence-electron chi connectivity index (χ4n) is 2.05. The summed E-state index contributed by atoms with van der Waals surface area (Å²) in [5.74, 6) is 1.08. The second-order valence-electron chi connectivity index (χ2n) is 4.23. The Labute approximate surface area is 116 Å². The highest BCUT2D eigenvalue weighted by Gasteiger charge is 2.17. The summed E-state index contributed by atoms with van der Waals surface area (Å²) in [5.41, 5.74) is 9.22. The second kappa shape index (κ2) is 5.05. The minimum absolute atomic E-state index is 0.293. The number of hydrogen-bond donors (Lipinski definition) is 1. The molecular weight excluding hydrogens is 254 g/mol. The maximum atomic E-state index is 5.91. The van der Waals surface area contributed by atoms with Crippen LogP contribution in [-0.2, 0) is 0 Å². The summed E-state index contributed by atoms with van der Waals surface area (Å²) in [7, 11) is 1.63. The Kier molecular flexibility index (Phi) is 3.09. The molecule has 0 radical (unpaired) electrons. The zero-order valence-corrected chi connectivity index (χ0v) is 10.9. The number of nitrogen functional groups attached to an aromatic ring is 1. The fourth-order valence-corrected chi connectivity index (χ4v) is 2.05. The Morgan fingerprint density at radius 1 is 1.00 bits per heavy atom. The Balaban J connectivity index is 2.11. The summed E-state index contributed by atoms with van der Waals surface area (Å²) in [6.45, 7) is 0. The van der Waals surface area contributed by atoms with Gasteiger partial charge in [-0.3, -0.25) is 4.98 Å². The van der Waals surface area contributed by atoms with E-state index in [0.717, 1.165) is 22.4 Å². The van der Waals surface area contributed by atoms with E-state index in [1.807, 2.05) is 36.4 Å². The van der Waals surface area contributed by atoms with E-state index >= 15 is 0 Å². The third-order valence-electron chi connectivity index (χ3n) is 3.05. The highest BCUT2D eigenvalue weighted by Crippen LogP contribution is 2.36. The molecule has 0 bridgehead atoms. The molecule has 0 atom stereocenters. The third-order valence-corrected chi connectivity index (χ3v) is 3.05. The van der Waals surface area contributed by atoms with Gasteiger partial charge in [0, 0.05) is 18.0 Å². The number of aromatic nitrogens is 2. The number of benzene rings is 1. The number of nitrogens with zero attached hydrogens (tertiary/aromatic N) is 2. The van der Waals surface area contributed by atoms with E-state index < -0.39 is 0 Å². The standard InChI is InChI=1S/C15H13N3O2/c1-19-12-4-2-10(3-5-12)13-14(18-20-15(13)16)11-6-8-17-9-7-11/h2-9H,16H2,1H3. The first-order valence-corrected chi connectivity index (χ1v) is 6.09. The average molecular weight is 267 g/mol. The Morgan fingerprint density at radius 3 is 2.35 bits per heavy atom. The molecule has 3 rings (SSSR count). The molecule has 0 amide bonds. The molecule has 0 saturated carbocycles. The van der Waals surface area contributed by atoms with Crippen LogP contribution >= 0.6 is 0 Å². The van der Waals surface area contributed by atoms with Crippen molar-refractivity contribution in [2.75, 3.05) is 12.8 Å². The Bertz CT molecular complexity index is 706. The molecule has 1 aromatic carbocycles. The van der Waals surface area contributed by atoms with Gasteiger partial charge in [-0.05, 0) is 29.8 Å². The average Bonchev–Trinajstić information content (AvgIpc) is 2.90. The Morgan fingerprint density at radius 2 is 1.70 bits per heavy atom. The molecule has 0 fully saturated rings. The van der Waals surface area contributed by atoms with E-state index in [1.54, 1.807) is 19.5 Å². The van der Waals surface area contributed by atoms with Crippen molar-refractivity contribution < 1.29 is 9.26 Å². The molecule has 0 aliphatic carbocycles. The van der Waals surface area contributed by atoms with Crippen LogP contribution in [0.15, 0.2) is 53.3 Å². The molecule has 2 aromatic heterocycles. The van der Waals surface area contributed by atoms with Gasteiger partial charge in [0.2, 0.25) is 5.88 Å². The Hall–Kier alpha value is -2.82. The van der Waals surface area contributed by atoms with Crippen LogP contribution in [0.5, 0.6) is 5.75 Å². The lowest BCUT2D eigenvalue weighted by atomic mass is 10.0. The van der Waals surface area contributed by atoms with Crippen molar-refractivity contribution in [2.45, 2.75) is 0 Å². The first-order chi connectivity index (χ1) is 9.79. The quantitative estimate of drug-likeness (QED) is 0.789. The van der Waals surface area contributed by atoms with Crippen molar-refractivity contribution >= 4 is 5.88 Å². The molecule has 0 aliphatic heterocycles. The first kappa shape index (κ1) is 12.2. The molecular formula is C15H13N3O2. The highest BCUT2D eigenvalue weighted by molar-refractivity contribution is 5.86. The van der Waals surface area contributed by atoms with Gasteiger partial charge in [-0.25, -0.2) is 0 Å². The highest BCUT2D eigenvalue weighted by atomic mass is 16.5. The SMILES string of the molecule is COc1ccc(-c2c(-c3ccncc3)noc2N)cc1. The van der Waals surface area contributed by atoms with Crippen molar-refractivity contribution in [1.29, 1.82) is 0 Å². The summed E-state index contributed by atoms with van der Waals surface area (Å²) in [6.07, 6.45) is 3.41. The van der Waals surface area contributed by atoms with Crippen LogP contribution in [0.3, 0.4) is 0 Å². The van der Waals surface area contributed by atoms with Crippen LogP contribution in [0.1, 0.15) is 0 Å². The maximum absolute atomic E-state index is 5.91. The van der Waals surface area contributed by atoms with Gasteiger partial charge in [-0.2, -0.15) is 0 Å². The van der Waals surface area contributed by atoms with E-state index in [1.165, 1.54) is 0 Å². The number of hydrogen-bond acceptors (Lipinski definition) is 5. The molecule has 2 N–H and O–H groups in total. The van der Waals surface area contributed by atoms with Gasteiger partial charge in [0.05, 0.1) is 12.7 Å². The molecule has 20 heavy (non-hydrogen) atoms. The largest absolute Gasteiger partial charge is 0.497 e. The first-order valence-electron chi connectivity index (χ1n) is 6.09. The van der Waals surface area contributed by atoms with Crippen molar-refractivity contribution in [2.24, 2.45) is 0 Å². The van der Waals surface area contributed by atoms with Gasteiger partial charge in [-0.1, -0.05) is 17.3 Å². The molecule has 3 aromatic rings. The number of anilines is 1. The van der Waals surface area contributed by atoms with Crippen LogP contribution in [0.25, 0.3) is 22.4 Å². The van der Waals surface area contributed by atoms with Gasteiger partial charge >= 0.3 is 0 Å². The number of rotatable bonds is 3. The number of nitrogens with two attached hydrogens (primary N) is 1. The predicted octanol–water partition coefficient (Wildman–Crippen LogP) is 2.99. The van der Waals surface area contributed by atoms with Crippen molar-refractivity contribution in [3.05, 3.63) is 48.8 Å². The van der Waals surface area contributed by atoms with E-state index in [9.17, 15) is 0 Å². The van der Waals surface area contributed by atoms with Crippen LogP contribution in [0.2, 0.25) is 0 Å². The lowest BCUT2D eigenvalue weighted by molar-refractivity contribution is 0.415. The van der Waals surface area contributed by atoms with E-state index in [0.29, 0.717) is 11.6 Å². The molecule has 100 valence electrons. The van der Waals surface area contributed by atoms with Crippen LogP contribution in [0, 0.1) is 0 Å². The maximum Gasteiger partial charge on any atom is 0.230 e. The second-order valence-corrected chi connectivity index (χ2v) is 4.23. The van der Waals surface area contributed by atoms with E-state index in [4.69, 9.17) is 15.0 Å². The summed E-state index contributed by atoms with van der Waals surface area (Å²) in [5, 5.41) is 4.05. The molecule has 5 nitrogen and oxygen atoms in total. The van der Waals surface area contributed by atoms with Crippen molar-refractivity contribution in [3.8, 4) is 28.1 Å². The number of pyridine rings is 1. The smallest absolute Gasteiger partial charge is 0.230 e. The van der Waals surface area contributed by atoms with Crippen molar-refractivity contribution in [1.82, 2.24) is 10.1 Å². The van der Waals surface area contributed by atoms with Crippen LogP contribution < -0.4 is 10.5 Å². The number of ether oxygens (including phenoxy) is 1. The molecule has 0 aliphatic rings. The van der Waals surface area contributed by atoms with Gasteiger partial charge < -0.3 is 15.0 Å². The zero-order valence-electron chi connectivity index (χ0n) is 10.9. The lowest BCUT2D eigenvalue weighted by Crippen LogP contribution is -1.88. The van der Waals surface area contributed by atoms with Crippen LogP contribution in [0.4, 0.5) is 5.88 Å². The summed E-state index contributed by atoms with van der Waals surface area (Å²) < 4.78 is 10.3. The normalized spacial score (nSPS) is 10.4. The van der Waals surface area contributed by atoms with Gasteiger partial charge in [0.15, 0.2) is 0 Å². The third kappa shape index (κ3) is 2.09. The molecule has 0 unspecified atom stereocenters. The lowest BCUT2D eigenvalue weighted by Gasteiger charge is -2.04. The summed E-state index contributed by atoms with van der Waals surface area (Å²) >= 11 is 0. The predicted molar refractivity (Wildman–Crippen MR) is 76.1 cm³/mol. The topological polar surface area (TPSA) is 74.2 Å². The van der Waals surface area contributed by atoms with E-state index in [2.05, 4.69) is 10.1 Å². The summed E-state index contributed by atoms with van der Waals surface area (Å²) in [4.78, 5) is 4.00. The number of methoxy groups -OCH3 is 1. The van der Waals surface area contributed by atoms with Gasteiger partial charge in [-0.15, -0.1) is 0 Å². The molecule has 0 saturated heterocycles. The fraction of sp³-hybridized carbons (Fsp3) is 0.0667. The monoisotopic (exact) mass is 267 g/mol. The zero-order chi connectivity index (χ0) is 13.9. The van der Waals surface area contributed by atoms with Crippen LogP contribution in [-0.4, -0.2) is 17.3 Å². The molecule has 5 heteroatoms. The molecule has 2 heterocycles. The summed E-state index contributed by atoms with van der Waals surface area (Å²) in [6, 6.07) is 11.3. The van der Waals surface area contributed by atoms with Gasteiger partial charge in [0.1, 0.15) is 11.4 Å². The van der Waals surface area contributed by atoms with Crippen molar-refractivity contribution in [3.63, 3.8) is 0 Å². The molecule has 0 spiro atoms. The minimum atomic E-state index is 0.293.